The van der Waals surface area contributed by atoms with Gasteiger partial charge in [-0.15, -0.1) is 0 Å². The third-order valence-electron chi connectivity index (χ3n) is 3.75. The minimum absolute atomic E-state index is 0.00174. The first-order valence-electron chi connectivity index (χ1n) is 7.22. The molecule has 0 spiro atoms. The maximum atomic E-state index is 12.1. The number of hydrogen-bond donors (Lipinski definition) is 1. The van der Waals surface area contributed by atoms with Gasteiger partial charge >= 0.3 is 0 Å². The third-order valence-corrected chi connectivity index (χ3v) is 3.75. The molecule has 0 saturated carbocycles. The molecule has 2 unspecified atom stereocenters. The van der Waals surface area contributed by atoms with Crippen LogP contribution in [0.3, 0.4) is 0 Å². The largest absolute Gasteiger partial charge is 0.347 e. The number of piperidine rings is 1. The molecule has 1 aliphatic rings. The predicted octanol–water partition coefficient (Wildman–Crippen LogP) is 1.17. The minimum atomic E-state index is 0.00174. The highest BCUT2D eigenvalue weighted by Crippen LogP contribution is 2.14. The number of rotatable bonds is 6. The summed E-state index contributed by atoms with van der Waals surface area (Å²) in [6.07, 6.45) is 3.65. The van der Waals surface area contributed by atoms with E-state index in [2.05, 4.69) is 17.1 Å². The standard InChI is InChI=1S/C14H29N3O/c1-5-9-17(12(2)14(18)16(3)4)11-13-7-6-8-15-10-13/h12-13,15H,5-11H2,1-4H3. The van der Waals surface area contributed by atoms with Crippen molar-refractivity contribution in [2.75, 3.05) is 40.3 Å². The van der Waals surface area contributed by atoms with Crippen LogP contribution >= 0.6 is 0 Å². The van der Waals surface area contributed by atoms with E-state index >= 15 is 0 Å². The molecule has 18 heavy (non-hydrogen) atoms. The molecule has 0 bridgehead atoms. The Morgan fingerprint density at radius 1 is 1.44 bits per heavy atom. The average Bonchev–Trinajstić information content (AvgIpc) is 2.37. The van der Waals surface area contributed by atoms with Crippen molar-refractivity contribution >= 4 is 5.91 Å². The Labute approximate surface area is 112 Å². The van der Waals surface area contributed by atoms with Crippen molar-refractivity contribution in [1.82, 2.24) is 15.1 Å². The van der Waals surface area contributed by atoms with Crippen LogP contribution in [0.15, 0.2) is 0 Å². The molecule has 1 aliphatic heterocycles. The lowest BCUT2D eigenvalue weighted by atomic mass is 9.98. The van der Waals surface area contributed by atoms with Gasteiger partial charge in [0.05, 0.1) is 6.04 Å². The summed E-state index contributed by atoms with van der Waals surface area (Å²) in [5.74, 6) is 0.912. The molecular formula is C14H29N3O. The van der Waals surface area contributed by atoms with E-state index in [0.717, 1.165) is 32.6 Å². The Morgan fingerprint density at radius 2 is 2.17 bits per heavy atom. The number of carbonyl (C=O) groups is 1. The summed E-state index contributed by atoms with van der Waals surface area (Å²) in [4.78, 5) is 16.1. The molecule has 0 radical (unpaired) electrons. The van der Waals surface area contributed by atoms with E-state index in [4.69, 9.17) is 0 Å². The Bertz CT molecular complexity index is 249. The molecule has 1 heterocycles. The summed E-state index contributed by atoms with van der Waals surface area (Å²) >= 11 is 0. The fourth-order valence-corrected chi connectivity index (χ4v) is 2.67. The van der Waals surface area contributed by atoms with Gasteiger partial charge in [-0.05, 0) is 51.7 Å². The topological polar surface area (TPSA) is 35.6 Å². The highest BCUT2D eigenvalue weighted by Gasteiger charge is 2.25. The van der Waals surface area contributed by atoms with E-state index in [1.54, 1.807) is 4.90 Å². The van der Waals surface area contributed by atoms with Gasteiger partial charge in [0, 0.05) is 20.6 Å². The van der Waals surface area contributed by atoms with E-state index in [1.807, 2.05) is 21.0 Å². The monoisotopic (exact) mass is 255 g/mol. The van der Waals surface area contributed by atoms with Crippen molar-refractivity contribution in [3.8, 4) is 0 Å². The second kappa shape index (κ2) is 7.74. The van der Waals surface area contributed by atoms with Crippen LogP contribution in [0.25, 0.3) is 0 Å². The Balaban J connectivity index is 2.54. The second-order valence-electron chi connectivity index (χ2n) is 5.62. The lowest BCUT2D eigenvalue weighted by molar-refractivity contribution is -0.134. The van der Waals surface area contributed by atoms with Crippen LogP contribution in [0.1, 0.15) is 33.1 Å². The van der Waals surface area contributed by atoms with Crippen molar-refractivity contribution < 1.29 is 4.79 Å². The second-order valence-corrected chi connectivity index (χ2v) is 5.62. The van der Waals surface area contributed by atoms with E-state index in [1.165, 1.54) is 12.8 Å². The van der Waals surface area contributed by atoms with Gasteiger partial charge in [-0.25, -0.2) is 0 Å². The van der Waals surface area contributed by atoms with Gasteiger partial charge < -0.3 is 10.2 Å². The molecule has 4 nitrogen and oxygen atoms in total. The summed E-state index contributed by atoms with van der Waals surface area (Å²) in [6.45, 7) is 8.52. The zero-order valence-electron chi connectivity index (χ0n) is 12.4. The molecular weight excluding hydrogens is 226 g/mol. The molecule has 1 N–H and O–H groups in total. The molecule has 4 heteroatoms. The molecule has 2 atom stereocenters. The van der Waals surface area contributed by atoms with E-state index in [-0.39, 0.29) is 11.9 Å². The summed E-state index contributed by atoms with van der Waals surface area (Å²) in [5, 5.41) is 3.45. The Morgan fingerprint density at radius 3 is 2.67 bits per heavy atom. The minimum Gasteiger partial charge on any atom is -0.347 e. The molecule has 0 aromatic heterocycles. The number of amides is 1. The van der Waals surface area contributed by atoms with Crippen LogP contribution in [0.2, 0.25) is 0 Å². The highest BCUT2D eigenvalue weighted by atomic mass is 16.2. The quantitative estimate of drug-likeness (QED) is 0.774. The van der Waals surface area contributed by atoms with Gasteiger partial charge in [-0.2, -0.15) is 0 Å². The van der Waals surface area contributed by atoms with Gasteiger partial charge in [-0.1, -0.05) is 6.92 Å². The fraction of sp³-hybridized carbons (Fsp3) is 0.929. The molecule has 1 rings (SSSR count). The molecule has 0 aromatic rings. The summed E-state index contributed by atoms with van der Waals surface area (Å²) in [7, 11) is 3.68. The molecule has 0 aromatic carbocycles. The average molecular weight is 255 g/mol. The zero-order valence-corrected chi connectivity index (χ0v) is 12.4. The summed E-state index contributed by atoms with van der Waals surface area (Å²) in [6, 6.07) is 0.00174. The lowest BCUT2D eigenvalue weighted by Gasteiger charge is -2.34. The number of carbonyl (C=O) groups excluding carboxylic acids is 1. The van der Waals surface area contributed by atoms with Gasteiger partial charge in [0.15, 0.2) is 0 Å². The van der Waals surface area contributed by atoms with Crippen molar-refractivity contribution in [1.29, 1.82) is 0 Å². The van der Waals surface area contributed by atoms with E-state index < -0.39 is 0 Å². The van der Waals surface area contributed by atoms with Crippen LogP contribution in [0.5, 0.6) is 0 Å². The smallest absolute Gasteiger partial charge is 0.239 e. The molecule has 1 fully saturated rings. The molecule has 106 valence electrons. The van der Waals surface area contributed by atoms with Gasteiger partial charge in [0.25, 0.3) is 0 Å². The first-order chi connectivity index (χ1) is 8.56. The number of likely N-dealkylation sites (N-methyl/N-ethyl adjacent to an activating group) is 1. The maximum absolute atomic E-state index is 12.1. The molecule has 1 saturated heterocycles. The highest BCUT2D eigenvalue weighted by molar-refractivity contribution is 5.80. The Kier molecular flexibility index (Phi) is 6.65. The summed E-state index contributed by atoms with van der Waals surface area (Å²) < 4.78 is 0. The van der Waals surface area contributed by atoms with Crippen molar-refractivity contribution in [2.24, 2.45) is 5.92 Å². The first-order valence-corrected chi connectivity index (χ1v) is 7.22. The third kappa shape index (κ3) is 4.58. The van der Waals surface area contributed by atoms with Crippen LogP contribution in [0.4, 0.5) is 0 Å². The summed E-state index contributed by atoms with van der Waals surface area (Å²) in [5.41, 5.74) is 0. The predicted molar refractivity (Wildman–Crippen MR) is 75.6 cm³/mol. The maximum Gasteiger partial charge on any atom is 0.239 e. The fourth-order valence-electron chi connectivity index (χ4n) is 2.67. The van der Waals surface area contributed by atoms with Gasteiger partial charge in [-0.3, -0.25) is 9.69 Å². The first kappa shape index (κ1) is 15.4. The van der Waals surface area contributed by atoms with Crippen LogP contribution in [0, 0.1) is 5.92 Å². The van der Waals surface area contributed by atoms with Crippen LogP contribution < -0.4 is 5.32 Å². The molecule has 0 aliphatic carbocycles. The van der Waals surface area contributed by atoms with Gasteiger partial charge in [0.1, 0.15) is 0 Å². The Hall–Kier alpha value is -0.610. The van der Waals surface area contributed by atoms with Crippen molar-refractivity contribution in [3.05, 3.63) is 0 Å². The van der Waals surface area contributed by atoms with Crippen LogP contribution in [-0.4, -0.2) is 62.0 Å². The SMILES string of the molecule is CCCN(CC1CCCNC1)C(C)C(=O)N(C)C. The number of hydrogen-bond acceptors (Lipinski definition) is 3. The van der Waals surface area contributed by atoms with Crippen LogP contribution in [-0.2, 0) is 4.79 Å². The number of nitrogens with zero attached hydrogens (tertiary/aromatic N) is 2. The zero-order chi connectivity index (χ0) is 13.5. The van der Waals surface area contributed by atoms with Crippen molar-refractivity contribution in [2.45, 2.75) is 39.2 Å². The van der Waals surface area contributed by atoms with E-state index in [9.17, 15) is 4.79 Å². The van der Waals surface area contributed by atoms with Crippen molar-refractivity contribution in [3.63, 3.8) is 0 Å². The number of nitrogens with one attached hydrogen (secondary N) is 1. The molecule has 1 amide bonds. The van der Waals surface area contributed by atoms with Gasteiger partial charge in [0.2, 0.25) is 5.91 Å². The van der Waals surface area contributed by atoms with E-state index in [0.29, 0.717) is 5.92 Å². The lowest BCUT2D eigenvalue weighted by Crippen LogP contribution is -2.48. The normalized spacial score (nSPS) is 21.9.